The van der Waals surface area contributed by atoms with E-state index in [0.29, 0.717) is 0 Å². The van der Waals surface area contributed by atoms with Crippen LogP contribution in [0.2, 0.25) is 0 Å². The molecule has 0 rings (SSSR count). The maximum Gasteiger partial charge on any atom is 0.0595 e. The zero-order valence-corrected chi connectivity index (χ0v) is 6.13. The molecular formula is C7H12N2. The van der Waals surface area contributed by atoms with Gasteiger partial charge in [-0.1, -0.05) is 12.2 Å². The smallest absolute Gasteiger partial charge is 0.0595 e. The number of nitrogens with zero attached hydrogens (tertiary/aromatic N) is 2. The predicted octanol–water partition coefficient (Wildman–Crippen LogP) is 2.55. The van der Waals surface area contributed by atoms with E-state index in [1.54, 1.807) is 7.05 Å². The lowest BCUT2D eigenvalue weighted by molar-refractivity contribution is 1.08. The minimum atomic E-state index is 0.926. The summed E-state index contributed by atoms with van der Waals surface area (Å²) in [6, 6.07) is 0. The molecule has 2 nitrogen and oxygen atoms in total. The molecule has 0 saturated heterocycles. The van der Waals surface area contributed by atoms with Crippen LogP contribution >= 0.6 is 0 Å². The lowest BCUT2D eigenvalue weighted by Crippen LogP contribution is -1.62. The summed E-state index contributed by atoms with van der Waals surface area (Å²) in [6.07, 6.45) is 5.80. The molecule has 0 fully saturated rings. The minimum Gasteiger partial charge on any atom is -0.192 e. The largest absolute Gasteiger partial charge is 0.192 e. The second-order valence-electron chi connectivity index (χ2n) is 1.63. The average Bonchev–Trinajstić information content (AvgIpc) is 1.85. The molecule has 0 N–H and O–H groups in total. The van der Waals surface area contributed by atoms with Crippen LogP contribution in [0.5, 0.6) is 0 Å². The normalized spacial score (nSPS) is 13.9. The van der Waals surface area contributed by atoms with Crippen molar-refractivity contribution in [3.63, 3.8) is 0 Å². The summed E-state index contributed by atoms with van der Waals surface area (Å²) in [4.78, 5) is 0. The van der Waals surface area contributed by atoms with Crippen LogP contribution < -0.4 is 0 Å². The van der Waals surface area contributed by atoms with Gasteiger partial charge in [-0.3, -0.25) is 0 Å². The van der Waals surface area contributed by atoms with Gasteiger partial charge in [0.2, 0.25) is 0 Å². The van der Waals surface area contributed by atoms with Crippen molar-refractivity contribution in [2.45, 2.75) is 13.8 Å². The number of azo groups is 1. The fourth-order valence-electron chi connectivity index (χ4n) is 0.427. The molecule has 0 aromatic heterocycles. The predicted molar refractivity (Wildman–Crippen MR) is 39.4 cm³/mol. The Morgan fingerprint density at radius 2 is 2.11 bits per heavy atom. The van der Waals surface area contributed by atoms with E-state index >= 15 is 0 Å². The Hall–Kier alpha value is -0.920. The summed E-state index contributed by atoms with van der Waals surface area (Å²) in [5.41, 5.74) is 0.926. The Morgan fingerprint density at radius 3 is 2.56 bits per heavy atom. The third-order valence-electron chi connectivity index (χ3n) is 0.788. The zero-order valence-electron chi connectivity index (χ0n) is 6.13. The highest BCUT2D eigenvalue weighted by Gasteiger charge is 1.75. The van der Waals surface area contributed by atoms with Crippen LogP contribution in [0.1, 0.15) is 13.8 Å². The van der Waals surface area contributed by atoms with Gasteiger partial charge in [-0.25, -0.2) is 0 Å². The van der Waals surface area contributed by atoms with Crippen LogP contribution in [0.15, 0.2) is 34.2 Å². The van der Waals surface area contributed by atoms with Gasteiger partial charge < -0.3 is 0 Å². The van der Waals surface area contributed by atoms with Crippen LogP contribution in [0.4, 0.5) is 0 Å². The minimum absolute atomic E-state index is 0.926. The monoisotopic (exact) mass is 124 g/mol. The van der Waals surface area contributed by atoms with E-state index in [2.05, 4.69) is 10.2 Å². The number of hydrogen-bond donors (Lipinski definition) is 0. The third kappa shape index (κ3) is 4.94. The first-order valence-electron chi connectivity index (χ1n) is 2.90. The molecule has 2 heteroatoms. The van der Waals surface area contributed by atoms with E-state index in [1.807, 2.05) is 32.1 Å². The van der Waals surface area contributed by atoms with Gasteiger partial charge in [0.1, 0.15) is 0 Å². The lowest BCUT2D eigenvalue weighted by Gasteiger charge is -1.82. The second kappa shape index (κ2) is 5.22. The molecule has 0 aliphatic carbocycles. The Bertz CT molecular complexity index is 143. The van der Waals surface area contributed by atoms with Gasteiger partial charge in [0.25, 0.3) is 0 Å². The Kier molecular flexibility index (Phi) is 4.69. The second-order valence-corrected chi connectivity index (χ2v) is 1.63. The number of rotatable bonds is 2. The fraction of sp³-hybridized carbons (Fsp3) is 0.429. The van der Waals surface area contributed by atoms with E-state index in [4.69, 9.17) is 0 Å². The molecule has 0 bridgehead atoms. The molecule has 0 radical (unpaired) electrons. The summed E-state index contributed by atoms with van der Waals surface area (Å²) in [7, 11) is 1.66. The van der Waals surface area contributed by atoms with Gasteiger partial charge in [-0.15, -0.1) is 0 Å². The van der Waals surface area contributed by atoms with Crippen LogP contribution in [-0.4, -0.2) is 7.05 Å². The van der Waals surface area contributed by atoms with Crippen molar-refractivity contribution < 1.29 is 0 Å². The molecular weight excluding hydrogens is 112 g/mol. The topological polar surface area (TPSA) is 24.7 Å². The van der Waals surface area contributed by atoms with Crippen molar-refractivity contribution in [3.8, 4) is 0 Å². The van der Waals surface area contributed by atoms with Crippen molar-refractivity contribution in [2.24, 2.45) is 10.2 Å². The molecule has 0 atom stereocenters. The summed E-state index contributed by atoms with van der Waals surface area (Å²) in [5.74, 6) is 0. The third-order valence-corrected chi connectivity index (χ3v) is 0.788. The molecule has 50 valence electrons. The Morgan fingerprint density at radius 1 is 1.44 bits per heavy atom. The molecule has 0 unspecified atom stereocenters. The quantitative estimate of drug-likeness (QED) is 0.399. The van der Waals surface area contributed by atoms with Crippen LogP contribution in [0.3, 0.4) is 0 Å². The molecule has 0 aliphatic heterocycles. The molecule has 0 amide bonds. The fourth-order valence-corrected chi connectivity index (χ4v) is 0.427. The SMILES string of the molecule is C\C=C/C=C(C)\N=N/C. The van der Waals surface area contributed by atoms with Gasteiger partial charge in [-0.05, 0) is 19.9 Å². The van der Waals surface area contributed by atoms with Gasteiger partial charge in [0.15, 0.2) is 0 Å². The summed E-state index contributed by atoms with van der Waals surface area (Å²) < 4.78 is 0. The highest BCUT2D eigenvalue weighted by Crippen LogP contribution is 1.94. The highest BCUT2D eigenvalue weighted by molar-refractivity contribution is 5.07. The van der Waals surface area contributed by atoms with Crippen molar-refractivity contribution in [2.75, 3.05) is 7.05 Å². The Labute approximate surface area is 56.0 Å². The first kappa shape index (κ1) is 8.08. The summed E-state index contributed by atoms with van der Waals surface area (Å²) >= 11 is 0. The van der Waals surface area contributed by atoms with Gasteiger partial charge in [-0.2, -0.15) is 10.2 Å². The molecule has 9 heavy (non-hydrogen) atoms. The molecule has 0 aliphatic rings. The number of allylic oxidation sites excluding steroid dienone is 4. The lowest BCUT2D eigenvalue weighted by atomic mass is 10.4. The molecule has 0 spiro atoms. The average molecular weight is 124 g/mol. The van der Waals surface area contributed by atoms with Crippen LogP contribution in [-0.2, 0) is 0 Å². The van der Waals surface area contributed by atoms with Gasteiger partial charge in [0, 0.05) is 7.05 Å². The summed E-state index contributed by atoms with van der Waals surface area (Å²) in [5, 5.41) is 7.41. The zero-order chi connectivity index (χ0) is 7.11. The molecule has 0 aromatic carbocycles. The van der Waals surface area contributed by atoms with Crippen molar-refractivity contribution in [3.05, 3.63) is 23.9 Å². The van der Waals surface area contributed by atoms with Crippen molar-refractivity contribution in [1.82, 2.24) is 0 Å². The van der Waals surface area contributed by atoms with Gasteiger partial charge in [0.05, 0.1) is 5.70 Å². The van der Waals surface area contributed by atoms with Crippen molar-refractivity contribution >= 4 is 0 Å². The van der Waals surface area contributed by atoms with E-state index in [-0.39, 0.29) is 0 Å². The molecule has 0 aromatic rings. The van der Waals surface area contributed by atoms with E-state index in [1.165, 1.54) is 0 Å². The maximum absolute atomic E-state index is 3.80. The highest BCUT2D eigenvalue weighted by atomic mass is 15.1. The molecule has 0 heterocycles. The first-order valence-corrected chi connectivity index (χ1v) is 2.90. The first-order chi connectivity index (χ1) is 4.31. The molecule has 0 saturated carbocycles. The maximum atomic E-state index is 3.80. The van der Waals surface area contributed by atoms with Crippen molar-refractivity contribution in [1.29, 1.82) is 0 Å². The number of hydrogen-bond acceptors (Lipinski definition) is 2. The van der Waals surface area contributed by atoms with Gasteiger partial charge >= 0.3 is 0 Å². The van der Waals surface area contributed by atoms with E-state index in [9.17, 15) is 0 Å². The van der Waals surface area contributed by atoms with E-state index in [0.717, 1.165) is 5.70 Å². The Balaban J connectivity index is 3.84. The standard InChI is InChI=1S/C7H12N2/c1-4-5-6-7(2)9-8-3/h4-6H,1-3H3/b5-4-,7-6-,9-8-. The van der Waals surface area contributed by atoms with E-state index < -0.39 is 0 Å². The summed E-state index contributed by atoms with van der Waals surface area (Å²) in [6.45, 7) is 3.87. The van der Waals surface area contributed by atoms with Crippen LogP contribution in [0.25, 0.3) is 0 Å². The van der Waals surface area contributed by atoms with Crippen LogP contribution in [0, 0.1) is 0 Å².